The molecule has 11 nitrogen and oxygen atoms in total. The summed E-state index contributed by atoms with van der Waals surface area (Å²) in [6.45, 7) is 9.82. The van der Waals surface area contributed by atoms with Gasteiger partial charge in [0.2, 0.25) is 0 Å². The highest BCUT2D eigenvalue weighted by atomic mass is 16.7. The Hall–Kier alpha value is -4.12. The van der Waals surface area contributed by atoms with Crippen molar-refractivity contribution in [3.05, 3.63) is 59.7 Å². The van der Waals surface area contributed by atoms with Crippen molar-refractivity contribution in [2.24, 2.45) is 11.7 Å². The molecule has 0 aliphatic heterocycles. The second-order valence-corrected chi connectivity index (χ2v) is 9.47. The molecule has 0 radical (unpaired) electrons. The van der Waals surface area contributed by atoms with E-state index >= 15 is 0 Å². The summed E-state index contributed by atoms with van der Waals surface area (Å²) in [6.07, 6.45) is -3.83. The van der Waals surface area contributed by atoms with Crippen LogP contribution in [0.15, 0.2) is 48.5 Å². The van der Waals surface area contributed by atoms with Crippen LogP contribution in [0.4, 0.5) is 9.59 Å². The number of carboxylic acid groups (broad SMARTS) is 1. The summed E-state index contributed by atoms with van der Waals surface area (Å²) in [6, 6.07) is 11.1. The third-order valence-corrected chi connectivity index (χ3v) is 5.68. The van der Waals surface area contributed by atoms with Gasteiger partial charge < -0.3 is 34.5 Å². The topological polar surface area (TPSA) is 161 Å². The zero-order valence-electron chi connectivity index (χ0n) is 22.8. The highest BCUT2D eigenvalue weighted by Crippen LogP contribution is 2.37. The van der Waals surface area contributed by atoms with Crippen LogP contribution < -0.4 is 15.2 Å². The minimum Gasteiger partial charge on any atom is -0.480 e. The number of hydrogen-bond acceptors (Lipinski definition) is 10. The van der Waals surface area contributed by atoms with Crippen LogP contribution in [0, 0.1) is 5.92 Å². The van der Waals surface area contributed by atoms with Crippen LogP contribution >= 0.6 is 0 Å². The number of rotatable bonds is 11. The summed E-state index contributed by atoms with van der Waals surface area (Å²) in [5.41, 5.74) is 6.75. The van der Waals surface area contributed by atoms with Crippen LogP contribution in [-0.4, -0.2) is 53.7 Å². The molecule has 0 heterocycles. The first kappa shape index (κ1) is 31.1. The van der Waals surface area contributed by atoms with E-state index < -0.39 is 60.4 Å². The van der Waals surface area contributed by atoms with E-state index in [2.05, 4.69) is 0 Å². The first-order chi connectivity index (χ1) is 18.3. The Labute approximate surface area is 227 Å². The summed E-state index contributed by atoms with van der Waals surface area (Å²) in [7, 11) is 0. The van der Waals surface area contributed by atoms with Gasteiger partial charge in [0.15, 0.2) is 11.5 Å². The van der Waals surface area contributed by atoms with E-state index in [4.69, 9.17) is 29.4 Å². The standard InChI is InChI=1S/C28H35NO10/c1-15(2)35-27(33)38-21-13-12-20(14-22(21)39-28(34)36-16(3)4)23(24(29)25(30)31)17(5)18(6)37-26(32)19-10-8-7-9-11-19/h7-18,23-24H,29H2,1-6H3,(H,30,31)/t17?,18?,23?,24-/m0/s1. The predicted molar refractivity (Wildman–Crippen MR) is 140 cm³/mol. The van der Waals surface area contributed by atoms with Gasteiger partial charge in [-0.3, -0.25) is 4.79 Å². The molecule has 2 aromatic carbocycles. The second kappa shape index (κ2) is 14.1. The Balaban J connectivity index is 2.44. The van der Waals surface area contributed by atoms with Gasteiger partial charge in [-0.1, -0.05) is 31.2 Å². The van der Waals surface area contributed by atoms with Crippen LogP contribution in [0.5, 0.6) is 11.5 Å². The zero-order valence-corrected chi connectivity index (χ0v) is 22.8. The van der Waals surface area contributed by atoms with Gasteiger partial charge in [-0.05, 0) is 64.4 Å². The van der Waals surface area contributed by atoms with E-state index in [-0.39, 0.29) is 11.5 Å². The van der Waals surface area contributed by atoms with Crippen molar-refractivity contribution < 1.29 is 48.0 Å². The summed E-state index contributed by atoms with van der Waals surface area (Å²) >= 11 is 0. The van der Waals surface area contributed by atoms with Crippen LogP contribution in [0.3, 0.4) is 0 Å². The van der Waals surface area contributed by atoms with E-state index in [0.717, 1.165) is 0 Å². The number of carbonyl (C=O) groups is 4. The molecular formula is C28H35NO10. The fourth-order valence-electron chi connectivity index (χ4n) is 3.71. The van der Waals surface area contributed by atoms with Gasteiger partial charge in [-0.25, -0.2) is 14.4 Å². The third kappa shape index (κ3) is 9.29. The van der Waals surface area contributed by atoms with E-state index in [1.807, 2.05) is 0 Å². The van der Waals surface area contributed by atoms with Gasteiger partial charge >= 0.3 is 24.2 Å². The monoisotopic (exact) mass is 545 g/mol. The van der Waals surface area contributed by atoms with Gasteiger partial charge in [0, 0.05) is 11.8 Å². The second-order valence-electron chi connectivity index (χ2n) is 9.47. The number of carboxylic acids is 1. The molecule has 0 spiro atoms. The minimum atomic E-state index is -1.42. The Morgan fingerprint density at radius 1 is 0.744 bits per heavy atom. The SMILES string of the molecule is CC(C)OC(=O)Oc1ccc(C(C(C)C(C)OC(=O)c2ccccc2)[C@H](N)C(=O)O)cc1OC(=O)OC(C)C. The lowest BCUT2D eigenvalue weighted by Gasteiger charge is -2.31. The van der Waals surface area contributed by atoms with Gasteiger partial charge in [-0.15, -0.1) is 0 Å². The maximum Gasteiger partial charge on any atom is 0.514 e. The largest absolute Gasteiger partial charge is 0.514 e. The van der Waals surface area contributed by atoms with Gasteiger partial charge in [0.25, 0.3) is 0 Å². The van der Waals surface area contributed by atoms with Crippen molar-refractivity contribution >= 4 is 24.2 Å². The molecule has 11 heteroatoms. The Morgan fingerprint density at radius 3 is 1.79 bits per heavy atom. The molecule has 2 aromatic rings. The summed E-state index contributed by atoms with van der Waals surface area (Å²) in [5, 5.41) is 9.75. The molecule has 0 aliphatic rings. The summed E-state index contributed by atoms with van der Waals surface area (Å²) in [4.78, 5) is 48.9. The Morgan fingerprint density at radius 2 is 1.28 bits per heavy atom. The smallest absolute Gasteiger partial charge is 0.480 e. The van der Waals surface area contributed by atoms with Crippen LogP contribution in [-0.2, 0) is 19.0 Å². The lowest BCUT2D eigenvalue weighted by Crippen LogP contribution is -2.42. The number of benzene rings is 2. The van der Waals surface area contributed by atoms with Crippen molar-refractivity contribution in [3.8, 4) is 11.5 Å². The van der Waals surface area contributed by atoms with Crippen LogP contribution in [0.25, 0.3) is 0 Å². The van der Waals surface area contributed by atoms with E-state index in [1.165, 1.54) is 18.2 Å². The summed E-state index contributed by atoms with van der Waals surface area (Å²) in [5.74, 6) is -3.79. The quantitative estimate of drug-likeness (QED) is 0.224. The van der Waals surface area contributed by atoms with E-state index in [9.17, 15) is 24.3 Å². The molecule has 0 saturated heterocycles. The number of aliphatic carboxylic acids is 1. The maximum absolute atomic E-state index is 12.6. The molecule has 0 bridgehead atoms. The molecule has 0 saturated carbocycles. The first-order valence-electron chi connectivity index (χ1n) is 12.4. The zero-order chi connectivity index (χ0) is 29.3. The number of hydrogen-bond donors (Lipinski definition) is 2. The summed E-state index contributed by atoms with van der Waals surface area (Å²) < 4.78 is 26.1. The predicted octanol–water partition coefficient (Wildman–Crippen LogP) is 4.91. The van der Waals surface area contributed by atoms with Crippen molar-refractivity contribution in [1.82, 2.24) is 0 Å². The number of nitrogens with two attached hydrogens (primary N) is 1. The van der Waals surface area contributed by atoms with Crippen molar-refractivity contribution in [1.29, 1.82) is 0 Å². The molecule has 3 N–H and O–H groups in total. The van der Waals surface area contributed by atoms with E-state index in [1.54, 1.807) is 71.9 Å². The lowest BCUT2D eigenvalue weighted by atomic mass is 9.79. The van der Waals surface area contributed by atoms with Gasteiger partial charge in [0.1, 0.15) is 12.1 Å². The normalized spacial score (nSPS) is 14.1. The molecule has 3 unspecified atom stereocenters. The molecule has 4 atom stereocenters. The van der Waals surface area contributed by atoms with Gasteiger partial charge in [0.05, 0.1) is 17.8 Å². The average Bonchev–Trinajstić information content (AvgIpc) is 2.84. The fourth-order valence-corrected chi connectivity index (χ4v) is 3.71. The van der Waals surface area contributed by atoms with Crippen LogP contribution in [0.2, 0.25) is 0 Å². The fraction of sp³-hybridized carbons (Fsp3) is 0.429. The third-order valence-electron chi connectivity index (χ3n) is 5.68. The molecule has 212 valence electrons. The highest BCUT2D eigenvalue weighted by Gasteiger charge is 2.36. The first-order valence-corrected chi connectivity index (χ1v) is 12.4. The molecular weight excluding hydrogens is 510 g/mol. The van der Waals surface area contributed by atoms with Crippen molar-refractivity contribution in [2.45, 2.75) is 71.8 Å². The van der Waals surface area contributed by atoms with Crippen molar-refractivity contribution in [3.63, 3.8) is 0 Å². The Bertz CT molecular complexity index is 1150. The number of carbonyl (C=O) groups excluding carboxylic acids is 3. The van der Waals surface area contributed by atoms with Crippen molar-refractivity contribution in [2.75, 3.05) is 0 Å². The van der Waals surface area contributed by atoms with E-state index in [0.29, 0.717) is 11.1 Å². The molecule has 2 rings (SSSR count). The van der Waals surface area contributed by atoms with Crippen LogP contribution in [0.1, 0.15) is 63.4 Å². The number of esters is 1. The lowest BCUT2D eigenvalue weighted by molar-refractivity contribution is -0.139. The number of ether oxygens (including phenoxy) is 5. The molecule has 0 aliphatic carbocycles. The average molecular weight is 546 g/mol. The maximum atomic E-state index is 12.6. The highest BCUT2D eigenvalue weighted by molar-refractivity contribution is 5.89. The Kier molecular flexibility index (Phi) is 11.3. The molecule has 0 amide bonds. The minimum absolute atomic E-state index is 0.163. The molecule has 0 aromatic heterocycles. The molecule has 39 heavy (non-hydrogen) atoms. The molecule has 0 fully saturated rings. The van der Waals surface area contributed by atoms with Gasteiger partial charge in [-0.2, -0.15) is 0 Å².